The summed E-state index contributed by atoms with van der Waals surface area (Å²) in [6.45, 7) is 6.07. The van der Waals surface area contributed by atoms with Crippen LogP contribution in [0.5, 0.6) is 0 Å². The average molecular weight is 684 g/mol. The lowest BCUT2D eigenvalue weighted by Crippen LogP contribution is -2.34. The van der Waals surface area contributed by atoms with Crippen LogP contribution in [-0.2, 0) is 43.6 Å². The van der Waals surface area contributed by atoms with E-state index in [4.69, 9.17) is 65.4 Å². The Morgan fingerprint density at radius 3 is 1.48 bits per heavy atom. The lowest BCUT2D eigenvalue weighted by molar-refractivity contribution is -0.189. The molecule has 0 bridgehead atoms. The van der Waals surface area contributed by atoms with Gasteiger partial charge in [-0.3, -0.25) is 0 Å². The Hall–Kier alpha value is -2.28. The summed E-state index contributed by atoms with van der Waals surface area (Å²) < 4.78 is 27.9. The van der Waals surface area contributed by atoms with Crippen LogP contribution >= 0.6 is 46.4 Å². The van der Waals surface area contributed by atoms with Crippen molar-refractivity contribution in [2.75, 3.05) is 13.2 Å². The molecule has 0 aliphatic carbocycles. The second-order valence-corrected chi connectivity index (χ2v) is 12.3. The highest BCUT2D eigenvalue weighted by Gasteiger charge is 2.46. The quantitative estimate of drug-likeness (QED) is 0.172. The molecule has 2 saturated heterocycles. The monoisotopic (exact) mass is 682 g/mol. The maximum absolute atomic E-state index is 6.37. The minimum atomic E-state index is -0.963. The standard InChI is InChI=1S/2C15H17Cl2N3O2/c2*1-2-3-12-7-21-15(22-12,8-20-10-18-9-19-20)13-5-4-11(16)6-14(13)17/h2*4-6,9-10,12H,2-3,7-8H2,1H3. The first-order chi connectivity index (χ1) is 21.3. The molecule has 4 unspecified atom stereocenters. The molecule has 0 radical (unpaired) electrons. The van der Waals surface area contributed by atoms with Crippen LogP contribution in [0.2, 0.25) is 20.1 Å². The molecule has 2 aliphatic heterocycles. The molecule has 4 heterocycles. The van der Waals surface area contributed by atoms with Gasteiger partial charge in [0.1, 0.15) is 38.4 Å². The molecule has 2 fully saturated rings. The van der Waals surface area contributed by atoms with E-state index in [1.807, 2.05) is 12.1 Å². The molecule has 4 aromatic rings. The van der Waals surface area contributed by atoms with Crippen LogP contribution < -0.4 is 0 Å². The summed E-state index contributed by atoms with van der Waals surface area (Å²) in [5.74, 6) is -1.93. The van der Waals surface area contributed by atoms with Gasteiger partial charge in [-0.05, 0) is 37.1 Å². The zero-order chi connectivity index (χ0) is 31.2. The van der Waals surface area contributed by atoms with E-state index < -0.39 is 11.6 Å². The molecule has 2 aromatic heterocycles. The van der Waals surface area contributed by atoms with Crippen molar-refractivity contribution in [1.82, 2.24) is 29.5 Å². The molecule has 0 saturated carbocycles. The minimum absolute atomic E-state index is 0.0419. The lowest BCUT2D eigenvalue weighted by Gasteiger charge is -2.29. The van der Waals surface area contributed by atoms with Crippen LogP contribution in [-0.4, -0.2) is 55.0 Å². The van der Waals surface area contributed by atoms with Gasteiger partial charge in [0, 0.05) is 21.2 Å². The Kier molecular flexibility index (Phi) is 11.2. The summed E-state index contributed by atoms with van der Waals surface area (Å²) in [7, 11) is 0. The Bertz CT molecular complexity index is 1380. The molecule has 0 N–H and O–H groups in total. The van der Waals surface area contributed by atoms with Crippen molar-refractivity contribution in [3.05, 3.63) is 92.9 Å². The smallest absolute Gasteiger partial charge is 0.217 e. The maximum Gasteiger partial charge on any atom is 0.217 e. The number of aromatic nitrogens is 6. The second-order valence-electron chi connectivity index (χ2n) is 10.6. The number of ether oxygens (including phenoxy) is 4. The first-order valence-corrected chi connectivity index (χ1v) is 16.0. The second kappa shape index (κ2) is 14.9. The predicted octanol–water partition coefficient (Wildman–Crippen LogP) is 7.31. The zero-order valence-electron chi connectivity index (χ0n) is 24.4. The van der Waals surface area contributed by atoms with Crippen molar-refractivity contribution < 1.29 is 18.9 Å². The van der Waals surface area contributed by atoms with Gasteiger partial charge in [-0.15, -0.1) is 0 Å². The molecular weight excluding hydrogens is 650 g/mol. The fourth-order valence-electron chi connectivity index (χ4n) is 5.33. The summed E-state index contributed by atoms with van der Waals surface area (Å²) in [6, 6.07) is 10.6. The molecule has 0 spiro atoms. The van der Waals surface area contributed by atoms with Gasteiger partial charge in [-0.25, -0.2) is 19.3 Å². The van der Waals surface area contributed by atoms with Gasteiger partial charge >= 0.3 is 0 Å². The van der Waals surface area contributed by atoms with E-state index in [2.05, 4.69) is 34.0 Å². The molecule has 0 amide bonds. The van der Waals surface area contributed by atoms with Gasteiger partial charge in [-0.2, -0.15) is 10.2 Å². The third-order valence-corrected chi connectivity index (χ3v) is 8.39. The number of nitrogens with zero attached hydrogens (tertiary/aromatic N) is 6. The molecule has 14 heteroatoms. The van der Waals surface area contributed by atoms with Gasteiger partial charge in [0.2, 0.25) is 11.6 Å². The summed E-state index contributed by atoms with van der Waals surface area (Å²) in [6.07, 6.45) is 10.2. The fourth-order valence-corrected chi connectivity index (χ4v) is 6.43. The molecule has 2 aliphatic rings. The van der Waals surface area contributed by atoms with Crippen molar-refractivity contribution in [2.24, 2.45) is 0 Å². The van der Waals surface area contributed by atoms with E-state index in [1.54, 1.807) is 46.3 Å². The molecule has 2 aromatic carbocycles. The van der Waals surface area contributed by atoms with Crippen LogP contribution in [0.25, 0.3) is 0 Å². The molecule has 44 heavy (non-hydrogen) atoms. The molecule has 6 rings (SSSR count). The summed E-state index contributed by atoms with van der Waals surface area (Å²) in [5, 5.41) is 10.5. The van der Waals surface area contributed by atoms with E-state index in [0.29, 0.717) is 46.4 Å². The highest BCUT2D eigenvalue weighted by atomic mass is 35.5. The fraction of sp³-hybridized carbons (Fsp3) is 0.467. The Balaban J connectivity index is 0.000000175. The largest absolute Gasteiger partial charge is 0.342 e. The van der Waals surface area contributed by atoms with Crippen molar-refractivity contribution >= 4 is 46.4 Å². The average Bonchev–Trinajstić information content (AvgIpc) is 3.80. The number of hydrogen-bond donors (Lipinski definition) is 0. The summed E-state index contributed by atoms with van der Waals surface area (Å²) in [4.78, 5) is 7.94. The number of halogens is 4. The Morgan fingerprint density at radius 1 is 0.705 bits per heavy atom. The van der Waals surface area contributed by atoms with Crippen molar-refractivity contribution in [3.63, 3.8) is 0 Å². The third-order valence-electron chi connectivity index (χ3n) is 7.30. The normalized spacial score (nSPS) is 24.8. The van der Waals surface area contributed by atoms with Gasteiger partial charge in [-0.1, -0.05) is 85.2 Å². The van der Waals surface area contributed by atoms with E-state index in [9.17, 15) is 0 Å². The van der Waals surface area contributed by atoms with Crippen molar-refractivity contribution in [2.45, 2.75) is 76.4 Å². The number of hydrogen-bond acceptors (Lipinski definition) is 8. The SMILES string of the molecule is CCCC1COC(Cn2cncn2)(c2ccc(Cl)cc2Cl)O1.CCCC1COC(Cn2cncn2)(c2ccc(Cl)cc2Cl)O1. The third kappa shape index (κ3) is 7.74. The number of rotatable bonds is 10. The highest BCUT2D eigenvalue weighted by Crippen LogP contribution is 2.42. The molecule has 236 valence electrons. The van der Waals surface area contributed by atoms with Gasteiger partial charge in [0.15, 0.2) is 0 Å². The molecular formula is C30H34Cl4N6O4. The van der Waals surface area contributed by atoms with E-state index in [-0.39, 0.29) is 12.2 Å². The van der Waals surface area contributed by atoms with Crippen LogP contribution in [0, 0.1) is 0 Å². The van der Waals surface area contributed by atoms with Crippen LogP contribution in [0.3, 0.4) is 0 Å². The zero-order valence-corrected chi connectivity index (χ0v) is 27.4. The van der Waals surface area contributed by atoms with Crippen molar-refractivity contribution in [1.29, 1.82) is 0 Å². The first kappa shape index (κ1) is 33.1. The van der Waals surface area contributed by atoms with Crippen LogP contribution in [0.1, 0.15) is 50.7 Å². The van der Waals surface area contributed by atoms with E-state index >= 15 is 0 Å². The molecule has 10 nitrogen and oxygen atoms in total. The van der Waals surface area contributed by atoms with Crippen LogP contribution in [0.4, 0.5) is 0 Å². The Morgan fingerprint density at radius 2 is 1.14 bits per heavy atom. The van der Waals surface area contributed by atoms with Crippen molar-refractivity contribution in [3.8, 4) is 0 Å². The van der Waals surface area contributed by atoms with Gasteiger partial charge in [0.25, 0.3) is 0 Å². The first-order valence-electron chi connectivity index (χ1n) is 14.4. The van der Waals surface area contributed by atoms with Crippen LogP contribution in [0.15, 0.2) is 61.7 Å². The summed E-state index contributed by atoms with van der Waals surface area (Å²) in [5.41, 5.74) is 1.51. The van der Waals surface area contributed by atoms with Gasteiger partial charge < -0.3 is 18.9 Å². The van der Waals surface area contributed by atoms with Gasteiger partial charge in [0.05, 0.1) is 35.5 Å². The van der Waals surface area contributed by atoms with E-state index in [0.717, 1.165) is 36.8 Å². The van der Waals surface area contributed by atoms with E-state index in [1.165, 1.54) is 12.7 Å². The topological polar surface area (TPSA) is 98.3 Å². The minimum Gasteiger partial charge on any atom is -0.342 e. The summed E-state index contributed by atoms with van der Waals surface area (Å²) >= 11 is 24.7. The number of benzene rings is 2. The maximum atomic E-state index is 6.37. The highest BCUT2D eigenvalue weighted by molar-refractivity contribution is 6.35. The predicted molar refractivity (Wildman–Crippen MR) is 168 cm³/mol. The Labute approximate surface area is 276 Å². The lowest BCUT2D eigenvalue weighted by atomic mass is 10.1. The molecule has 4 atom stereocenters.